The van der Waals surface area contributed by atoms with Gasteiger partial charge < -0.3 is 15.1 Å². The molecule has 1 saturated heterocycles. The second kappa shape index (κ2) is 9.37. The molecule has 5 heteroatoms. The van der Waals surface area contributed by atoms with Crippen molar-refractivity contribution in [1.29, 1.82) is 5.41 Å². The summed E-state index contributed by atoms with van der Waals surface area (Å²) in [6.07, 6.45) is 3.88. The van der Waals surface area contributed by atoms with Crippen molar-refractivity contribution >= 4 is 11.6 Å². The molecule has 138 valence electrons. The molecule has 0 bridgehead atoms. The number of aryl methyl sites for hydroxylation is 1. The molecule has 1 fully saturated rings. The van der Waals surface area contributed by atoms with Gasteiger partial charge in [-0.3, -0.25) is 10.2 Å². The molecular formula is C20H30N2O3. The number of benzene rings is 1. The number of hydrogen-bond donors (Lipinski definition) is 3. The van der Waals surface area contributed by atoms with Crippen LogP contribution < -0.4 is 0 Å². The van der Waals surface area contributed by atoms with Gasteiger partial charge in [-0.2, -0.15) is 0 Å². The lowest BCUT2D eigenvalue weighted by Crippen LogP contribution is -2.38. The van der Waals surface area contributed by atoms with Crippen molar-refractivity contribution < 1.29 is 15.0 Å². The van der Waals surface area contributed by atoms with Gasteiger partial charge in [0.2, 0.25) is 0 Å². The summed E-state index contributed by atoms with van der Waals surface area (Å²) in [7, 11) is 0. The smallest absolute Gasteiger partial charge is 0.259 e. The first-order valence-electron chi connectivity index (χ1n) is 8.65. The first kappa shape index (κ1) is 20.9. The number of nitrogens with one attached hydrogen (secondary N) is 1. The zero-order valence-electron chi connectivity index (χ0n) is 15.7. The fraction of sp³-hybridized carbons (Fsp3) is 0.500. The second-order valence-electron chi connectivity index (χ2n) is 7.31. The zero-order valence-corrected chi connectivity index (χ0v) is 15.7. The molecule has 3 N–H and O–H groups in total. The monoisotopic (exact) mass is 346 g/mol. The Morgan fingerprint density at radius 1 is 1.12 bits per heavy atom. The Morgan fingerprint density at radius 3 is 2.04 bits per heavy atom. The first-order chi connectivity index (χ1) is 11.6. The van der Waals surface area contributed by atoms with Crippen LogP contribution >= 0.6 is 0 Å². The summed E-state index contributed by atoms with van der Waals surface area (Å²) in [4.78, 5) is 14.1. The Hall–Kier alpha value is -2.14. The third kappa shape index (κ3) is 7.52. The minimum atomic E-state index is -0.500. The van der Waals surface area contributed by atoms with Gasteiger partial charge >= 0.3 is 0 Å². The summed E-state index contributed by atoms with van der Waals surface area (Å²) in [5.74, 6) is -0.252. The topological polar surface area (TPSA) is 84.6 Å². The van der Waals surface area contributed by atoms with E-state index in [-0.39, 0.29) is 17.2 Å². The molecule has 25 heavy (non-hydrogen) atoms. The van der Waals surface area contributed by atoms with Crippen LogP contribution in [0.2, 0.25) is 0 Å². The summed E-state index contributed by atoms with van der Waals surface area (Å²) in [6.45, 7) is 8.61. The van der Waals surface area contributed by atoms with Crippen LogP contribution in [0.3, 0.4) is 0 Å². The molecule has 1 aliphatic heterocycles. The Bertz CT molecular complexity index is 601. The minimum absolute atomic E-state index is 0.0655. The SMILES string of the molecule is CC(C)(C)O.Cc1ccc(C(=N)/C(=C\O)C(=O)N2CCCCC2)cc1. The van der Waals surface area contributed by atoms with Crippen LogP contribution in [0.15, 0.2) is 36.1 Å². The van der Waals surface area contributed by atoms with Gasteiger partial charge in [0.05, 0.1) is 23.1 Å². The standard InChI is InChI=1S/C16H20N2O2.C4H10O/c1-12-5-7-13(8-6-12)15(17)14(11-19)16(20)18-9-3-2-4-10-18;1-4(2,3)5/h5-8,11,17,19H,2-4,9-10H2,1H3;5H,1-3H3/b14-11+,17-15?;. The van der Waals surface area contributed by atoms with Gasteiger partial charge in [-0.1, -0.05) is 29.8 Å². The minimum Gasteiger partial charge on any atom is -0.515 e. The Balaban J connectivity index is 0.000000550. The number of aliphatic hydroxyl groups is 2. The average molecular weight is 346 g/mol. The predicted molar refractivity (Wildman–Crippen MR) is 101 cm³/mol. The lowest BCUT2D eigenvalue weighted by molar-refractivity contribution is -0.127. The van der Waals surface area contributed by atoms with Crippen molar-refractivity contribution in [3.05, 3.63) is 47.2 Å². The van der Waals surface area contributed by atoms with E-state index in [9.17, 15) is 9.90 Å². The lowest BCUT2D eigenvalue weighted by atomic mass is 10.0. The van der Waals surface area contributed by atoms with Gasteiger partial charge in [0.15, 0.2) is 0 Å². The molecule has 1 aliphatic rings. The van der Waals surface area contributed by atoms with E-state index in [2.05, 4.69) is 0 Å². The number of piperidine rings is 1. The normalized spacial score (nSPS) is 15.2. The zero-order chi connectivity index (χ0) is 19.0. The van der Waals surface area contributed by atoms with Gasteiger partial charge in [0.1, 0.15) is 0 Å². The third-order valence-electron chi connectivity index (χ3n) is 3.61. The number of hydrogen-bond acceptors (Lipinski definition) is 4. The Morgan fingerprint density at radius 2 is 1.60 bits per heavy atom. The van der Waals surface area contributed by atoms with Crippen LogP contribution in [0, 0.1) is 12.3 Å². The molecule has 1 heterocycles. The van der Waals surface area contributed by atoms with E-state index >= 15 is 0 Å². The van der Waals surface area contributed by atoms with Gasteiger partial charge in [-0.15, -0.1) is 0 Å². The molecule has 0 radical (unpaired) electrons. The largest absolute Gasteiger partial charge is 0.515 e. The number of rotatable bonds is 3. The molecule has 0 aromatic heterocycles. The van der Waals surface area contributed by atoms with E-state index in [4.69, 9.17) is 10.5 Å². The van der Waals surface area contributed by atoms with Crippen LogP contribution in [-0.2, 0) is 4.79 Å². The lowest BCUT2D eigenvalue weighted by Gasteiger charge is -2.27. The number of nitrogens with zero attached hydrogens (tertiary/aromatic N) is 1. The fourth-order valence-electron chi connectivity index (χ4n) is 2.37. The summed E-state index contributed by atoms with van der Waals surface area (Å²) in [5, 5.41) is 26.0. The van der Waals surface area contributed by atoms with Crippen LogP contribution in [0.5, 0.6) is 0 Å². The van der Waals surface area contributed by atoms with Gasteiger partial charge in [0, 0.05) is 18.7 Å². The van der Waals surface area contributed by atoms with Crippen molar-refractivity contribution in [1.82, 2.24) is 4.90 Å². The molecule has 1 amide bonds. The maximum absolute atomic E-state index is 12.4. The highest BCUT2D eigenvalue weighted by Gasteiger charge is 2.24. The molecule has 2 rings (SSSR count). The number of likely N-dealkylation sites (tertiary alicyclic amines) is 1. The number of amides is 1. The van der Waals surface area contributed by atoms with Crippen LogP contribution in [0.25, 0.3) is 0 Å². The van der Waals surface area contributed by atoms with Crippen LogP contribution in [0.4, 0.5) is 0 Å². The number of carbonyl (C=O) groups is 1. The molecule has 0 unspecified atom stereocenters. The van der Waals surface area contributed by atoms with E-state index in [1.807, 2.05) is 19.1 Å². The summed E-state index contributed by atoms with van der Waals surface area (Å²) in [5.41, 5.74) is 1.37. The quantitative estimate of drug-likeness (QED) is 0.444. The van der Waals surface area contributed by atoms with Gasteiger partial charge in [0.25, 0.3) is 5.91 Å². The van der Waals surface area contributed by atoms with E-state index in [1.165, 1.54) is 0 Å². The second-order valence-corrected chi connectivity index (χ2v) is 7.31. The fourth-order valence-corrected chi connectivity index (χ4v) is 2.37. The highest BCUT2D eigenvalue weighted by molar-refractivity contribution is 6.26. The molecule has 0 atom stereocenters. The first-order valence-corrected chi connectivity index (χ1v) is 8.65. The third-order valence-corrected chi connectivity index (χ3v) is 3.61. The van der Waals surface area contributed by atoms with Gasteiger partial charge in [-0.05, 0) is 47.0 Å². The number of carbonyl (C=O) groups excluding carboxylic acids is 1. The summed E-state index contributed by atoms with van der Waals surface area (Å²) < 4.78 is 0. The molecular weight excluding hydrogens is 316 g/mol. The van der Waals surface area contributed by atoms with E-state index in [0.717, 1.165) is 31.1 Å². The highest BCUT2D eigenvalue weighted by Crippen LogP contribution is 2.16. The van der Waals surface area contributed by atoms with Crippen molar-refractivity contribution in [2.75, 3.05) is 13.1 Å². The molecule has 1 aromatic carbocycles. The van der Waals surface area contributed by atoms with Crippen molar-refractivity contribution in [2.45, 2.75) is 52.6 Å². The molecule has 0 spiro atoms. The number of aliphatic hydroxyl groups excluding tert-OH is 1. The van der Waals surface area contributed by atoms with E-state index in [1.54, 1.807) is 37.8 Å². The summed E-state index contributed by atoms with van der Waals surface area (Å²) >= 11 is 0. The van der Waals surface area contributed by atoms with Crippen LogP contribution in [0.1, 0.15) is 51.2 Å². The van der Waals surface area contributed by atoms with E-state index in [0.29, 0.717) is 18.7 Å². The Kier molecular flexibility index (Phi) is 7.84. The average Bonchev–Trinajstić information content (AvgIpc) is 2.55. The molecule has 1 aromatic rings. The molecule has 0 aliphatic carbocycles. The highest BCUT2D eigenvalue weighted by atomic mass is 16.3. The summed E-state index contributed by atoms with van der Waals surface area (Å²) in [6, 6.07) is 7.38. The maximum Gasteiger partial charge on any atom is 0.259 e. The van der Waals surface area contributed by atoms with E-state index < -0.39 is 5.60 Å². The van der Waals surface area contributed by atoms with Crippen molar-refractivity contribution in [3.8, 4) is 0 Å². The molecule has 0 saturated carbocycles. The maximum atomic E-state index is 12.4. The van der Waals surface area contributed by atoms with Crippen molar-refractivity contribution in [3.63, 3.8) is 0 Å². The predicted octanol–water partition coefficient (Wildman–Crippen LogP) is 3.59. The molecule has 5 nitrogen and oxygen atoms in total. The van der Waals surface area contributed by atoms with Crippen molar-refractivity contribution in [2.24, 2.45) is 0 Å². The Labute approximate surface area is 150 Å². The van der Waals surface area contributed by atoms with Crippen LogP contribution in [-0.4, -0.2) is 45.4 Å². The van der Waals surface area contributed by atoms with Gasteiger partial charge in [-0.25, -0.2) is 0 Å².